The highest BCUT2D eigenvalue weighted by Gasteiger charge is 2.23. The zero-order valence-electron chi connectivity index (χ0n) is 15.1. The molecule has 2 aromatic heterocycles. The number of nitrogens with one attached hydrogen (secondary N) is 1. The molecule has 3 aromatic rings. The fourth-order valence-electron chi connectivity index (χ4n) is 3.18. The van der Waals surface area contributed by atoms with Crippen LogP contribution in [0.1, 0.15) is 2.85 Å². The molecule has 9 nitrogen and oxygen atoms in total. The first-order valence-electron chi connectivity index (χ1n) is 8.75. The van der Waals surface area contributed by atoms with Gasteiger partial charge in [-0.1, -0.05) is 12.1 Å². The van der Waals surface area contributed by atoms with Crippen LogP contribution in [0.2, 0.25) is 0 Å². The van der Waals surface area contributed by atoms with Gasteiger partial charge in [0.05, 0.1) is 17.2 Å². The lowest BCUT2D eigenvalue weighted by atomic mass is 10.3. The first-order chi connectivity index (χ1) is 13.2. The number of carbonyl (C=O) groups excluding carboxylic acids is 1. The third kappa shape index (κ3) is 3.41. The van der Waals surface area contributed by atoms with E-state index in [1.54, 1.807) is 11.1 Å². The van der Waals surface area contributed by atoms with Gasteiger partial charge < -0.3 is 25.3 Å². The number of para-hydroxylation sites is 2. The Hall–Kier alpha value is -3.20. The number of imidazole rings is 1. The maximum atomic E-state index is 11.9. The Balaban J connectivity index is 0.00000150. The molecule has 0 unspecified atom stereocenters. The molecule has 1 aliphatic rings. The number of H-pyrrole nitrogens is 1. The van der Waals surface area contributed by atoms with E-state index >= 15 is 0 Å². The van der Waals surface area contributed by atoms with Crippen LogP contribution in [0.3, 0.4) is 0 Å². The minimum absolute atomic E-state index is 0. The van der Waals surface area contributed by atoms with E-state index in [2.05, 4.69) is 24.8 Å². The molecule has 0 bridgehead atoms. The lowest BCUT2D eigenvalue weighted by molar-refractivity contribution is -0.135. The maximum absolute atomic E-state index is 11.9. The predicted octanol–water partition coefficient (Wildman–Crippen LogP) is 1.39. The van der Waals surface area contributed by atoms with Crippen molar-refractivity contribution in [1.29, 1.82) is 0 Å². The largest absolute Gasteiger partial charge is 0.382 e. The zero-order chi connectivity index (χ0) is 18.8. The molecule has 1 fully saturated rings. The van der Waals surface area contributed by atoms with Crippen molar-refractivity contribution in [1.82, 2.24) is 24.8 Å². The fourth-order valence-corrected chi connectivity index (χ4v) is 3.18. The standard InChI is InChI=1S/C18H21N7O2.2H2/c1-27-11-15(26)25-8-6-24(7-9-25)14-10-20-17(19)16(23-14)18-21-12-4-2-3-5-13(12)22-18;;/h2-5,10H,6-9,11H2,1H3,(H2,19,20)(H,21,22);2*1H. The molecule has 3 heterocycles. The lowest BCUT2D eigenvalue weighted by Crippen LogP contribution is -2.50. The normalized spacial score (nSPS) is 14.7. The number of hydrogen-bond donors (Lipinski definition) is 2. The van der Waals surface area contributed by atoms with E-state index in [0.717, 1.165) is 16.9 Å². The second-order valence-electron chi connectivity index (χ2n) is 6.37. The summed E-state index contributed by atoms with van der Waals surface area (Å²) in [5, 5.41) is 0. The van der Waals surface area contributed by atoms with Crippen molar-refractivity contribution < 1.29 is 12.4 Å². The van der Waals surface area contributed by atoms with Gasteiger partial charge in [0.2, 0.25) is 5.91 Å². The van der Waals surface area contributed by atoms with Crippen LogP contribution in [0, 0.1) is 0 Å². The van der Waals surface area contributed by atoms with Crippen molar-refractivity contribution in [2.45, 2.75) is 0 Å². The number of nitrogen functional groups attached to an aromatic ring is 1. The van der Waals surface area contributed by atoms with Crippen LogP contribution in [-0.4, -0.2) is 70.6 Å². The van der Waals surface area contributed by atoms with Gasteiger partial charge in [-0.15, -0.1) is 0 Å². The smallest absolute Gasteiger partial charge is 0.248 e. The number of amides is 1. The Labute approximate surface area is 159 Å². The van der Waals surface area contributed by atoms with E-state index in [1.165, 1.54) is 7.11 Å². The molecule has 0 spiro atoms. The summed E-state index contributed by atoms with van der Waals surface area (Å²) in [5.41, 5.74) is 8.35. The third-order valence-electron chi connectivity index (χ3n) is 4.63. The van der Waals surface area contributed by atoms with Gasteiger partial charge in [0.1, 0.15) is 12.4 Å². The van der Waals surface area contributed by atoms with E-state index in [9.17, 15) is 4.79 Å². The number of carbonyl (C=O) groups is 1. The fraction of sp³-hybridized carbons (Fsp3) is 0.333. The van der Waals surface area contributed by atoms with Crippen LogP contribution in [0.25, 0.3) is 22.6 Å². The SMILES string of the molecule is COCC(=O)N1CCN(c2cnc(N)c(-c3nc4ccccc4[nH]3)n2)CC1.[HH].[HH]. The predicted molar refractivity (Wildman–Crippen MR) is 106 cm³/mol. The number of methoxy groups -OCH3 is 1. The molecule has 144 valence electrons. The van der Waals surface area contributed by atoms with Gasteiger partial charge in [-0.05, 0) is 12.1 Å². The Morgan fingerprint density at radius 1 is 1.26 bits per heavy atom. The van der Waals surface area contributed by atoms with Crippen molar-refractivity contribution >= 4 is 28.6 Å². The monoisotopic (exact) mass is 371 g/mol. The first-order valence-corrected chi connectivity index (χ1v) is 8.75. The molecular formula is C18H25N7O2. The Bertz CT molecular complexity index is 941. The van der Waals surface area contributed by atoms with Crippen molar-refractivity contribution in [3.05, 3.63) is 30.5 Å². The molecule has 0 saturated carbocycles. The highest BCUT2D eigenvalue weighted by Crippen LogP contribution is 2.25. The van der Waals surface area contributed by atoms with Crippen molar-refractivity contribution in [2.75, 3.05) is 50.5 Å². The maximum Gasteiger partial charge on any atom is 0.248 e. The number of fused-ring (bicyclic) bond motifs is 1. The van der Waals surface area contributed by atoms with E-state index in [4.69, 9.17) is 10.5 Å². The molecule has 27 heavy (non-hydrogen) atoms. The summed E-state index contributed by atoms with van der Waals surface area (Å²) in [6, 6.07) is 7.76. The van der Waals surface area contributed by atoms with Crippen LogP contribution in [0.4, 0.5) is 11.6 Å². The summed E-state index contributed by atoms with van der Waals surface area (Å²) in [7, 11) is 1.53. The van der Waals surface area contributed by atoms with Crippen LogP contribution in [0.5, 0.6) is 0 Å². The summed E-state index contributed by atoms with van der Waals surface area (Å²) in [5.74, 6) is 1.64. The summed E-state index contributed by atoms with van der Waals surface area (Å²) in [4.78, 5) is 32.6. The number of nitrogens with zero attached hydrogens (tertiary/aromatic N) is 5. The molecule has 0 radical (unpaired) electrons. The quantitative estimate of drug-likeness (QED) is 0.712. The molecule has 4 rings (SSSR count). The van der Waals surface area contributed by atoms with Crippen molar-refractivity contribution in [3.63, 3.8) is 0 Å². The van der Waals surface area contributed by atoms with Crippen molar-refractivity contribution in [2.24, 2.45) is 0 Å². The molecule has 1 aromatic carbocycles. The van der Waals surface area contributed by atoms with Gasteiger partial charge >= 0.3 is 0 Å². The number of rotatable bonds is 4. The number of aromatic nitrogens is 4. The highest BCUT2D eigenvalue weighted by atomic mass is 16.5. The Morgan fingerprint density at radius 2 is 2.04 bits per heavy atom. The summed E-state index contributed by atoms with van der Waals surface area (Å²) >= 11 is 0. The molecule has 0 atom stereocenters. The first kappa shape index (κ1) is 17.2. The minimum Gasteiger partial charge on any atom is -0.382 e. The number of piperazine rings is 1. The number of benzene rings is 1. The Kier molecular flexibility index (Phi) is 4.59. The molecular weight excluding hydrogens is 346 g/mol. The lowest BCUT2D eigenvalue weighted by Gasteiger charge is -2.35. The van der Waals surface area contributed by atoms with Crippen molar-refractivity contribution in [3.8, 4) is 11.5 Å². The highest BCUT2D eigenvalue weighted by molar-refractivity contribution is 5.80. The zero-order valence-corrected chi connectivity index (χ0v) is 15.1. The van der Waals surface area contributed by atoms with Crippen LogP contribution in [0.15, 0.2) is 30.5 Å². The van der Waals surface area contributed by atoms with Gasteiger partial charge in [0, 0.05) is 36.1 Å². The minimum atomic E-state index is 0. The summed E-state index contributed by atoms with van der Waals surface area (Å²) < 4.78 is 4.92. The van der Waals surface area contributed by atoms with Gasteiger partial charge in [-0.2, -0.15) is 0 Å². The van der Waals surface area contributed by atoms with Gasteiger partial charge in [-0.25, -0.2) is 15.0 Å². The van der Waals surface area contributed by atoms with E-state index in [0.29, 0.717) is 43.5 Å². The van der Waals surface area contributed by atoms with Crippen LogP contribution < -0.4 is 10.6 Å². The average molecular weight is 371 g/mol. The second-order valence-corrected chi connectivity index (χ2v) is 6.37. The van der Waals surface area contributed by atoms with Gasteiger partial charge in [-0.3, -0.25) is 4.79 Å². The molecule has 1 aliphatic heterocycles. The average Bonchev–Trinajstić information content (AvgIpc) is 3.12. The number of hydrogen-bond acceptors (Lipinski definition) is 7. The van der Waals surface area contributed by atoms with E-state index in [1.807, 2.05) is 24.3 Å². The van der Waals surface area contributed by atoms with Crippen LogP contribution >= 0.6 is 0 Å². The third-order valence-corrected chi connectivity index (χ3v) is 4.63. The topological polar surface area (TPSA) is 113 Å². The molecule has 1 amide bonds. The molecule has 1 saturated heterocycles. The second kappa shape index (κ2) is 7.20. The number of aromatic amines is 1. The van der Waals surface area contributed by atoms with Gasteiger partial charge in [0.15, 0.2) is 17.3 Å². The van der Waals surface area contributed by atoms with E-state index in [-0.39, 0.29) is 15.4 Å². The molecule has 9 heteroatoms. The number of ether oxygens (including phenoxy) is 1. The Morgan fingerprint density at radius 3 is 2.78 bits per heavy atom. The van der Waals surface area contributed by atoms with Crippen LogP contribution in [-0.2, 0) is 9.53 Å². The summed E-state index contributed by atoms with van der Waals surface area (Å²) in [6.45, 7) is 2.70. The van der Waals surface area contributed by atoms with Gasteiger partial charge in [0.25, 0.3) is 0 Å². The number of anilines is 2. The number of nitrogens with two attached hydrogens (primary N) is 1. The van der Waals surface area contributed by atoms with E-state index < -0.39 is 0 Å². The molecule has 3 N–H and O–H groups in total. The molecule has 0 aliphatic carbocycles. The summed E-state index contributed by atoms with van der Waals surface area (Å²) in [6.07, 6.45) is 1.66.